The Morgan fingerprint density at radius 2 is 1.72 bits per heavy atom. The Bertz CT molecular complexity index is 659. The summed E-state index contributed by atoms with van der Waals surface area (Å²) in [5.74, 6) is -0.308. The maximum Gasteiger partial charge on any atom is 0.233 e. The van der Waals surface area contributed by atoms with Crippen LogP contribution in [0.15, 0.2) is 24.3 Å². The molecule has 1 N–H and O–H groups in total. The van der Waals surface area contributed by atoms with Gasteiger partial charge in [-0.15, -0.1) is 0 Å². The zero-order valence-electron chi connectivity index (χ0n) is 15.0. The highest BCUT2D eigenvalue weighted by Crippen LogP contribution is 2.38. The molecule has 0 aromatic heterocycles. The lowest BCUT2D eigenvalue weighted by atomic mass is 9.81. The van der Waals surface area contributed by atoms with E-state index in [-0.39, 0.29) is 42.5 Å². The van der Waals surface area contributed by atoms with Gasteiger partial charge in [-0.3, -0.25) is 19.3 Å². The molecule has 2 atom stereocenters. The number of nitrogens with zero attached hydrogens (tertiary/aromatic N) is 1. The summed E-state index contributed by atoms with van der Waals surface area (Å²) in [5, 5.41) is 2.92. The maximum absolute atomic E-state index is 12.4. The average molecular weight is 342 g/mol. The molecule has 3 amide bonds. The van der Waals surface area contributed by atoms with Crippen LogP contribution < -0.4 is 5.32 Å². The first-order chi connectivity index (χ1) is 12.0. The third-order valence-corrected chi connectivity index (χ3v) is 5.35. The van der Waals surface area contributed by atoms with Gasteiger partial charge in [-0.05, 0) is 30.4 Å². The Labute approximate surface area is 148 Å². The summed E-state index contributed by atoms with van der Waals surface area (Å²) < 4.78 is 0. The number of carbonyl (C=O) groups is 3. The third-order valence-electron chi connectivity index (χ3n) is 5.35. The first kappa shape index (κ1) is 17.6. The summed E-state index contributed by atoms with van der Waals surface area (Å²) in [6, 6.07) is 7.72. The van der Waals surface area contributed by atoms with Gasteiger partial charge in [-0.2, -0.15) is 0 Å². The molecule has 0 spiro atoms. The summed E-state index contributed by atoms with van der Waals surface area (Å²) in [5.41, 5.74) is 1.88. The van der Waals surface area contributed by atoms with Gasteiger partial charge in [0.15, 0.2) is 0 Å². The van der Waals surface area contributed by atoms with E-state index >= 15 is 0 Å². The fourth-order valence-electron chi connectivity index (χ4n) is 3.99. The molecular weight excluding hydrogens is 316 g/mol. The summed E-state index contributed by atoms with van der Waals surface area (Å²) in [6.45, 7) is 4.34. The molecule has 3 rings (SSSR count). The molecule has 5 nitrogen and oxygen atoms in total. The van der Waals surface area contributed by atoms with Crippen LogP contribution in [0.2, 0.25) is 0 Å². The smallest absolute Gasteiger partial charge is 0.233 e. The first-order valence-corrected chi connectivity index (χ1v) is 9.23. The molecule has 2 unspecified atom stereocenters. The molecule has 1 saturated heterocycles. The Kier molecular flexibility index (Phi) is 5.21. The highest BCUT2D eigenvalue weighted by atomic mass is 16.2. The molecule has 1 saturated carbocycles. The van der Waals surface area contributed by atoms with E-state index in [9.17, 15) is 14.4 Å². The minimum absolute atomic E-state index is 0.0786. The van der Waals surface area contributed by atoms with Crippen molar-refractivity contribution in [2.24, 2.45) is 11.8 Å². The van der Waals surface area contributed by atoms with E-state index in [0.29, 0.717) is 5.92 Å². The topological polar surface area (TPSA) is 66.5 Å². The van der Waals surface area contributed by atoms with Crippen molar-refractivity contribution < 1.29 is 14.4 Å². The molecule has 1 aliphatic carbocycles. The molecule has 2 aliphatic rings. The molecule has 0 radical (unpaired) electrons. The van der Waals surface area contributed by atoms with Crippen LogP contribution in [0.1, 0.15) is 57.4 Å². The minimum atomic E-state index is -0.163. The number of rotatable bonds is 5. The SMILES string of the molecule is CC(C)c1ccccc1NC(=O)CCN1C(=O)C2CCCCC2C1=O. The van der Waals surface area contributed by atoms with E-state index < -0.39 is 0 Å². The zero-order chi connectivity index (χ0) is 18.0. The van der Waals surface area contributed by atoms with Crippen LogP contribution >= 0.6 is 0 Å². The second kappa shape index (κ2) is 7.38. The van der Waals surface area contributed by atoms with Crippen LogP contribution in [0, 0.1) is 11.8 Å². The number of imide groups is 1. The minimum Gasteiger partial charge on any atom is -0.326 e. The summed E-state index contributed by atoms with van der Waals surface area (Å²) in [4.78, 5) is 38.5. The maximum atomic E-state index is 12.4. The second-order valence-corrected chi connectivity index (χ2v) is 7.37. The molecular formula is C20H26N2O3. The Morgan fingerprint density at radius 1 is 1.12 bits per heavy atom. The first-order valence-electron chi connectivity index (χ1n) is 9.23. The number of para-hydroxylation sites is 1. The summed E-state index contributed by atoms with van der Waals surface area (Å²) in [7, 11) is 0. The van der Waals surface area contributed by atoms with Crippen LogP contribution in [0.3, 0.4) is 0 Å². The van der Waals surface area contributed by atoms with Crippen molar-refractivity contribution in [2.45, 2.75) is 51.9 Å². The van der Waals surface area contributed by atoms with Gasteiger partial charge in [-0.25, -0.2) is 0 Å². The highest BCUT2D eigenvalue weighted by Gasteiger charge is 2.47. The predicted octanol–water partition coefficient (Wildman–Crippen LogP) is 3.31. The number of hydrogen-bond donors (Lipinski definition) is 1. The van der Waals surface area contributed by atoms with Gasteiger partial charge in [0, 0.05) is 18.7 Å². The fraction of sp³-hybridized carbons (Fsp3) is 0.550. The van der Waals surface area contributed by atoms with Crippen LogP contribution in [0.4, 0.5) is 5.69 Å². The van der Waals surface area contributed by atoms with E-state index in [1.807, 2.05) is 24.3 Å². The van der Waals surface area contributed by atoms with E-state index in [1.54, 1.807) is 0 Å². The number of nitrogens with one attached hydrogen (secondary N) is 1. The van der Waals surface area contributed by atoms with Crippen molar-refractivity contribution >= 4 is 23.4 Å². The predicted molar refractivity (Wildman–Crippen MR) is 95.9 cm³/mol. The van der Waals surface area contributed by atoms with Gasteiger partial charge in [0.2, 0.25) is 17.7 Å². The van der Waals surface area contributed by atoms with Gasteiger partial charge in [0.25, 0.3) is 0 Å². The Balaban J connectivity index is 1.59. The molecule has 1 heterocycles. The van der Waals surface area contributed by atoms with Gasteiger partial charge >= 0.3 is 0 Å². The van der Waals surface area contributed by atoms with Crippen molar-refractivity contribution in [3.8, 4) is 0 Å². The van der Waals surface area contributed by atoms with Gasteiger partial charge in [-0.1, -0.05) is 44.9 Å². The standard InChI is InChI=1S/C20H26N2O3/c1-13(2)14-7-5-6-10-17(14)21-18(23)11-12-22-19(24)15-8-3-4-9-16(15)20(22)25/h5-7,10,13,15-16H,3-4,8-9,11-12H2,1-2H3,(H,21,23). The van der Waals surface area contributed by atoms with Crippen LogP contribution in [-0.2, 0) is 14.4 Å². The molecule has 0 bridgehead atoms. The van der Waals surface area contributed by atoms with Crippen molar-refractivity contribution in [3.05, 3.63) is 29.8 Å². The van der Waals surface area contributed by atoms with Gasteiger partial charge in [0.05, 0.1) is 11.8 Å². The molecule has 1 aliphatic heterocycles. The summed E-state index contributed by atoms with van der Waals surface area (Å²) in [6.07, 6.45) is 3.78. The summed E-state index contributed by atoms with van der Waals surface area (Å²) >= 11 is 0. The highest BCUT2D eigenvalue weighted by molar-refractivity contribution is 6.05. The normalized spacial score (nSPS) is 23.1. The lowest BCUT2D eigenvalue weighted by Crippen LogP contribution is -2.34. The quantitative estimate of drug-likeness (QED) is 0.835. The van der Waals surface area contributed by atoms with Crippen LogP contribution in [0.25, 0.3) is 0 Å². The van der Waals surface area contributed by atoms with Crippen LogP contribution in [-0.4, -0.2) is 29.2 Å². The van der Waals surface area contributed by atoms with E-state index in [1.165, 1.54) is 4.90 Å². The van der Waals surface area contributed by atoms with E-state index in [0.717, 1.165) is 36.9 Å². The third kappa shape index (κ3) is 3.60. The second-order valence-electron chi connectivity index (χ2n) is 7.37. The Morgan fingerprint density at radius 3 is 2.32 bits per heavy atom. The van der Waals surface area contributed by atoms with Crippen molar-refractivity contribution in [2.75, 3.05) is 11.9 Å². The lowest BCUT2D eigenvalue weighted by molar-refractivity contribution is -0.140. The largest absolute Gasteiger partial charge is 0.326 e. The van der Waals surface area contributed by atoms with Crippen LogP contribution in [0.5, 0.6) is 0 Å². The van der Waals surface area contributed by atoms with Gasteiger partial charge < -0.3 is 5.32 Å². The molecule has 1 aromatic rings. The molecule has 25 heavy (non-hydrogen) atoms. The van der Waals surface area contributed by atoms with Gasteiger partial charge in [0.1, 0.15) is 0 Å². The molecule has 5 heteroatoms. The number of benzene rings is 1. The number of anilines is 1. The van der Waals surface area contributed by atoms with Crippen molar-refractivity contribution in [1.29, 1.82) is 0 Å². The molecule has 134 valence electrons. The fourth-order valence-corrected chi connectivity index (χ4v) is 3.99. The molecule has 2 fully saturated rings. The monoisotopic (exact) mass is 342 g/mol. The van der Waals surface area contributed by atoms with E-state index in [2.05, 4.69) is 19.2 Å². The average Bonchev–Trinajstić information content (AvgIpc) is 2.85. The Hall–Kier alpha value is -2.17. The number of fused-ring (bicyclic) bond motifs is 1. The van der Waals surface area contributed by atoms with E-state index in [4.69, 9.17) is 0 Å². The lowest BCUT2D eigenvalue weighted by Gasteiger charge is -2.19. The number of carbonyl (C=O) groups excluding carboxylic acids is 3. The number of hydrogen-bond acceptors (Lipinski definition) is 3. The van der Waals surface area contributed by atoms with Crippen molar-refractivity contribution in [1.82, 2.24) is 4.90 Å². The zero-order valence-corrected chi connectivity index (χ0v) is 15.0. The van der Waals surface area contributed by atoms with Crippen molar-refractivity contribution in [3.63, 3.8) is 0 Å². The number of likely N-dealkylation sites (tertiary alicyclic amines) is 1. The molecule has 1 aromatic carbocycles. The number of amides is 3.